The molecule has 0 radical (unpaired) electrons. The van der Waals surface area contributed by atoms with Crippen LogP contribution in [0.5, 0.6) is 0 Å². The summed E-state index contributed by atoms with van der Waals surface area (Å²) in [7, 11) is 0. The number of carbonyl (C=O) groups is 1. The molecule has 2 heterocycles. The van der Waals surface area contributed by atoms with Gasteiger partial charge in [-0.3, -0.25) is 4.79 Å². The van der Waals surface area contributed by atoms with Crippen molar-refractivity contribution in [1.29, 1.82) is 0 Å². The Labute approximate surface area is 113 Å². The maximum absolute atomic E-state index is 11.9. The third kappa shape index (κ3) is 3.56. The van der Waals surface area contributed by atoms with Crippen molar-refractivity contribution in [3.8, 4) is 0 Å². The van der Waals surface area contributed by atoms with Gasteiger partial charge >= 0.3 is 0 Å². The molecule has 0 saturated carbocycles. The Kier molecular flexibility index (Phi) is 4.58. The van der Waals surface area contributed by atoms with E-state index in [1.807, 2.05) is 20.8 Å². The number of aromatic nitrogens is 1. The Morgan fingerprint density at radius 3 is 2.89 bits per heavy atom. The molecule has 106 valence electrons. The van der Waals surface area contributed by atoms with Crippen LogP contribution in [0.4, 0.5) is 0 Å². The van der Waals surface area contributed by atoms with Gasteiger partial charge in [-0.15, -0.1) is 0 Å². The minimum Gasteiger partial charge on any atom is -0.376 e. The second-order valence-electron chi connectivity index (χ2n) is 5.21. The standard InChI is InChI=1S/C14H22N2O3/c1-9-12(11(3)19-16-9)6-7-14(17)15-10(2)13-5-4-8-18-13/h10,13H,4-8H2,1-3H3,(H,15,17)/t10-,13+/m1/s1. The van der Waals surface area contributed by atoms with Crippen molar-refractivity contribution in [2.24, 2.45) is 0 Å². The first-order valence-electron chi connectivity index (χ1n) is 6.90. The van der Waals surface area contributed by atoms with Gasteiger partial charge in [0.1, 0.15) is 5.76 Å². The lowest BCUT2D eigenvalue weighted by Gasteiger charge is -2.19. The van der Waals surface area contributed by atoms with Crippen molar-refractivity contribution in [2.45, 2.75) is 58.6 Å². The van der Waals surface area contributed by atoms with Gasteiger partial charge in [0.25, 0.3) is 0 Å². The summed E-state index contributed by atoms with van der Waals surface area (Å²) in [5, 5.41) is 6.90. The van der Waals surface area contributed by atoms with Gasteiger partial charge < -0.3 is 14.6 Å². The third-order valence-corrected chi connectivity index (χ3v) is 3.69. The SMILES string of the molecule is Cc1noc(C)c1CCC(=O)N[C@H](C)[C@@H]1CCCO1. The number of nitrogens with zero attached hydrogens (tertiary/aromatic N) is 1. The molecule has 0 bridgehead atoms. The zero-order valence-electron chi connectivity index (χ0n) is 11.9. The average Bonchev–Trinajstić information content (AvgIpc) is 2.98. The molecule has 1 aliphatic rings. The molecular formula is C14H22N2O3. The van der Waals surface area contributed by atoms with Crippen molar-refractivity contribution < 1.29 is 14.1 Å². The first-order chi connectivity index (χ1) is 9.08. The lowest BCUT2D eigenvalue weighted by atomic mass is 10.1. The summed E-state index contributed by atoms with van der Waals surface area (Å²) in [6, 6.07) is 0.0830. The summed E-state index contributed by atoms with van der Waals surface area (Å²) in [6.45, 7) is 6.59. The van der Waals surface area contributed by atoms with Crippen LogP contribution in [0.15, 0.2) is 4.52 Å². The molecular weight excluding hydrogens is 244 g/mol. The van der Waals surface area contributed by atoms with E-state index in [1.165, 1.54) is 0 Å². The number of hydrogen-bond donors (Lipinski definition) is 1. The third-order valence-electron chi connectivity index (χ3n) is 3.69. The summed E-state index contributed by atoms with van der Waals surface area (Å²) in [5.74, 6) is 0.862. The van der Waals surface area contributed by atoms with Crippen LogP contribution in [-0.2, 0) is 16.0 Å². The van der Waals surface area contributed by atoms with Crippen LogP contribution < -0.4 is 5.32 Å². The summed E-state index contributed by atoms with van der Waals surface area (Å²) in [6.07, 6.45) is 3.42. The van der Waals surface area contributed by atoms with Crippen molar-refractivity contribution in [2.75, 3.05) is 6.61 Å². The van der Waals surface area contributed by atoms with Crippen LogP contribution in [-0.4, -0.2) is 29.8 Å². The van der Waals surface area contributed by atoms with E-state index >= 15 is 0 Å². The van der Waals surface area contributed by atoms with E-state index in [0.717, 1.165) is 36.5 Å². The zero-order chi connectivity index (χ0) is 13.8. The van der Waals surface area contributed by atoms with Gasteiger partial charge in [0.15, 0.2) is 0 Å². The van der Waals surface area contributed by atoms with E-state index in [-0.39, 0.29) is 18.1 Å². The van der Waals surface area contributed by atoms with E-state index < -0.39 is 0 Å². The van der Waals surface area contributed by atoms with E-state index in [0.29, 0.717) is 12.8 Å². The molecule has 1 aromatic rings. The van der Waals surface area contributed by atoms with Gasteiger partial charge in [0.05, 0.1) is 17.8 Å². The van der Waals surface area contributed by atoms with Gasteiger partial charge in [-0.1, -0.05) is 5.16 Å². The molecule has 19 heavy (non-hydrogen) atoms. The van der Waals surface area contributed by atoms with Crippen molar-refractivity contribution in [3.05, 3.63) is 17.0 Å². The van der Waals surface area contributed by atoms with Gasteiger partial charge in [-0.05, 0) is 40.0 Å². The van der Waals surface area contributed by atoms with Crippen LogP contribution in [0.25, 0.3) is 0 Å². The van der Waals surface area contributed by atoms with Gasteiger partial charge in [0, 0.05) is 18.6 Å². The largest absolute Gasteiger partial charge is 0.376 e. The predicted molar refractivity (Wildman–Crippen MR) is 70.9 cm³/mol. The predicted octanol–water partition coefficient (Wildman–Crippen LogP) is 1.91. The quantitative estimate of drug-likeness (QED) is 0.884. The first kappa shape index (κ1) is 14.1. The first-order valence-corrected chi connectivity index (χ1v) is 6.90. The van der Waals surface area contributed by atoms with Crippen molar-refractivity contribution in [3.63, 3.8) is 0 Å². The molecule has 1 N–H and O–H groups in total. The molecule has 0 aromatic carbocycles. The maximum atomic E-state index is 11.9. The van der Waals surface area contributed by atoms with E-state index in [1.54, 1.807) is 0 Å². The summed E-state index contributed by atoms with van der Waals surface area (Å²) >= 11 is 0. The summed E-state index contributed by atoms with van der Waals surface area (Å²) in [5.41, 5.74) is 1.91. The van der Waals surface area contributed by atoms with E-state index in [2.05, 4.69) is 10.5 Å². The van der Waals surface area contributed by atoms with E-state index in [9.17, 15) is 4.79 Å². The molecule has 1 aromatic heterocycles. The fraction of sp³-hybridized carbons (Fsp3) is 0.714. The number of hydrogen-bond acceptors (Lipinski definition) is 4. The summed E-state index contributed by atoms with van der Waals surface area (Å²) < 4.78 is 10.7. The highest BCUT2D eigenvalue weighted by Crippen LogP contribution is 2.16. The molecule has 5 heteroatoms. The molecule has 0 spiro atoms. The molecule has 2 rings (SSSR count). The van der Waals surface area contributed by atoms with Gasteiger partial charge in [-0.2, -0.15) is 0 Å². The van der Waals surface area contributed by atoms with Crippen LogP contribution in [0, 0.1) is 13.8 Å². The number of nitrogens with one attached hydrogen (secondary N) is 1. The van der Waals surface area contributed by atoms with Crippen molar-refractivity contribution >= 4 is 5.91 Å². The van der Waals surface area contributed by atoms with Gasteiger partial charge in [-0.25, -0.2) is 0 Å². The minimum atomic E-state index is 0.0583. The second-order valence-corrected chi connectivity index (χ2v) is 5.21. The van der Waals surface area contributed by atoms with Crippen LogP contribution >= 0.6 is 0 Å². The number of amides is 1. The average molecular weight is 266 g/mol. The monoisotopic (exact) mass is 266 g/mol. The number of aryl methyl sites for hydroxylation is 2. The van der Waals surface area contributed by atoms with Crippen LogP contribution in [0.2, 0.25) is 0 Å². The molecule has 0 aliphatic carbocycles. The highest BCUT2D eigenvalue weighted by molar-refractivity contribution is 5.76. The molecule has 5 nitrogen and oxygen atoms in total. The Bertz CT molecular complexity index is 416. The number of ether oxygens (including phenoxy) is 1. The summed E-state index contributed by atoms with van der Waals surface area (Å²) in [4.78, 5) is 11.9. The molecule has 2 atom stereocenters. The lowest BCUT2D eigenvalue weighted by Crippen LogP contribution is -2.40. The highest BCUT2D eigenvalue weighted by atomic mass is 16.5. The second kappa shape index (κ2) is 6.19. The smallest absolute Gasteiger partial charge is 0.220 e. The van der Waals surface area contributed by atoms with Crippen LogP contribution in [0.3, 0.4) is 0 Å². The van der Waals surface area contributed by atoms with Gasteiger partial charge in [0.2, 0.25) is 5.91 Å². The molecule has 1 aliphatic heterocycles. The lowest BCUT2D eigenvalue weighted by molar-refractivity contribution is -0.122. The fourth-order valence-electron chi connectivity index (χ4n) is 2.51. The van der Waals surface area contributed by atoms with Crippen LogP contribution in [0.1, 0.15) is 43.2 Å². The Hall–Kier alpha value is -1.36. The number of carbonyl (C=O) groups excluding carboxylic acids is 1. The molecule has 1 saturated heterocycles. The minimum absolute atomic E-state index is 0.0583. The number of rotatable bonds is 5. The van der Waals surface area contributed by atoms with Crippen molar-refractivity contribution in [1.82, 2.24) is 10.5 Å². The molecule has 1 fully saturated rings. The normalized spacial score (nSPS) is 20.5. The topological polar surface area (TPSA) is 64.4 Å². The Morgan fingerprint density at radius 1 is 1.53 bits per heavy atom. The molecule has 1 amide bonds. The van der Waals surface area contributed by atoms with E-state index in [4.69, 9.17) is 9.26 Å². The molecule has 0 unspecified atom stereocenters. The maximum Gasteiger partial charge on any atom is 0.220 e. The highest BCUT2D eigenvalue weighted by Gasteiger charge is 2.23. The Morgan fingerprint density at radius 2 is 2.32 bits per heavy atom. The zero-order valence-corrected chi connectivity index (χ0v) is 11.9. The fourth-order valence-corrected chi connectivity index (χ4v) is 2.51. The Balaban J connectivity index is 1.78.